The molecule has 100 valence electrons. The molecule has 1 amide bonds. The van der Waals surface area contributed by atoms with Gasteiger partial charge in [-0.25, -0.2) is 0 Å². The van der Waals surface area contributed by atoms with Crippen molar-refractivity contribution >= 4 is 5.91 Å². The number of hydrogen-bond donors (Lipinski definition) is 2. The van der Waals surface area contributed by atoms with Crippen LogP contribution < -0.4 is 11.1 Å². The number of rotatable bonds is 6. The summed E-state index contributed by atoms with van der Waals surface area (Å²) in [5, 5.41) is 3.16. The number of carbonyl (C=O) groups is 1. The van der Waals surface area contributed by atoms with Crippen molar-refractivity contribution in [3.8, 4) is 0 Å². The van der Waals surface area contributed by atoms with Crippen molar-refractivity contribution in [2.24, 2.45) is 5.73 Å². The molecule has 0 bridgehead atoms. The van der Waals surface area contributed by atoms with E-state index in [0.29, 0.717) is 13.2 Å². The molecular weight excluding hydrogens is 228 g/mol. The predicted octanol–water partition coefficient (Wildman–Crippen LogP) is 1.24. The van der Waals surface area contributed by atoms with Crippen LogP contribution in [0.3, 0.4) is 0 Å². The Morgan fingerprint density at radius 3 is 2.56 bits per heavy atom. The lowest BCUT2D eigenvalue weighted by molar-refractivity contribution is -0.124. The van der Waals surface area contributed by atoms with Gasteiger partial charge in [0.15, 0.2) is 0 Å². The molecule has 0 aromatic heterocycles. The molecule has 1 unspecified atom stereocenters. The topological polar surface area (TPSA) is 64.3 Å². The zero-order valence-electron chi connectivity index (χ0n) is 11.5. The van der Waals surface area contributed by atoms with Crippen LogP contribution in [-0.2, 0) is 15.1 Å². The summed E-state index contributed by atoms with van der Waals surface area (Å²) in [5.41, 5.74) is 7.89. The fourth-order valence-corrected chi connectivity index (χ4v) is 1.79. The van der Waals surface area contributed by atoms with E-state index in [9.17, 15) is 4.79 Å². The summed E-state index contributed by atoms with van der Waals surface area (Å²) in [4.78, 5) is 11.7. The van der Waals surface area contributed by atoms with E-state index in [4.69, 9.17) is 10.5 Å². The number of aryl methyl sites for hydroxylation is 2. The van der Waals surface area contributed by atoms with Crippen LogP contribution in [0.25, 0.3) is 0 Å². The lowest BCUT2D eigenvalue weighted by atomic mass is 9.89. The zero-order chi connectivity index (χ0) is 13.8. The van der Waals surface area contributed by atoms with E-state index in [0.717, 1.165) is 11.1 Å². The zero-order valence-corrected chi connectivity index (χ0v) is 11.5. The number of ether oxygens (including phenoxy) is 1. The van der Waals surface area contributed by atoms with Crippen LogP contribution >= 0.6 is 0 Å². The van der Waals surface area contributed by atoms with Crippen LogP contribution in [0.1, 0.15) is 23.6 Å². The molecule has 0 fully saturated rings. The van der Waals surface area contributed by atoms with E-state index >= 15 is 0 Å². The fraction of sp³-hybridized carbons (Fsp3) is 0.500. The Labute approximate surface area is 109 Å². The van der Waals surface area contributed by atoms with Crippen molar-refractivity contribution < 1.29 is 9.53 Å². The summed E-state index contributed by atoms with van der Waals surface area (Å²) in [6, 6.07) is 5.94. The Morgan fingerprint density at radius 1 is 1.39 bits per heavy atom. The highest BCUT2D eigenvalue weighted by molar-refractivity contribution is 5.85. The van der Waals surface area contributed by atoms with Crippen LogP contribution in [0.5, 0.6) is 0 Å². The lowest BCUT2D eigenvalue weighted by Gasteiger charge is -2.28. The van der Waals surface area contributed by atoms with Crippen molar-refractivity contribution in [3.05, 3.63) is 34.9 Å². The molecule has 0 spiro atoms. The minimum atomic E-state index is -0.864. The highest BCUT2D eigenvalue weighted by atomic mass is 16.5. The van der Waals surface area contributed by atoms with Gasteiger partial charge in [0, 0.05) is 13.7 Å². The lowest BCUT2D eigenvalue weighted by Crippen LogP contribution is -2.51. The second-order valence-corrected chi connectivity index (χ2v) is 4.71. The molecule has 1 aromatic carbocycles. The molecule has 0 saturated heterocycles. The number of nitrogens with one attached hydrogen (secondary N) is 1. The van der Waals surface area contributed by atoms with E-state index in [1.54, 1.807) is 14.0 Å². The van der Waals surface area contributed by atoms with Crippen molar-refractivity contribution in [2.45, 2.75) is 26.3 Å². The van der Waals surface area contributed by atoms with Gasteiger partial charge >= 0.3 is 0 Å². The number of hydrogen-bond acceptors (Lipinski definition) is 3. The highest BCUT2D eigenvalue weighted by Gasteiger charge is 2.32. The van der Waals surface area contributed by atoms with E-state index in [2.05, 4.69) is 5.32 Å². The molecule has 18 heavy (non-hydrogen) atoms. The van der Waals surface area contributed by atoms with Crippen molar-refractivity contribution in [1.82, 2.24) is 5.32 Å². The number of methoxy groups -OCH3 is 1. The molecule has 4 heteroatoms. The van der Waals surface area contributed by atoms with Crippen molar-refractivity contribution in [2.75, 3.05) is 20.3 Å². The van der Waals surface area contributed by atoms with Gasteiger partial charge < -0.3 is 10.5 Å². The molecule has 0 aliphatic heterocycles. The molecule has 1 aromatic rings. The van der Waals surface area contributed by atoms with Gasteiger partial charge in [0.2, 0.25) is 5.91 Å². The second-order valence-electron chi connectivity index (χ2n) is 4.71. The summed E-state index contributed by atoms with van der Waals surface area (Å²) in [6.07, 6.45) is 0. The molecule has 0 radical (unpaired) electrons. The van der Waals surface area contributed by atoms with Crippen LogP contribution in [0, 0.1) is 13.8 Å². The molecule has 1 atom stereocenters. The highest BCUT2D eigenvalue weighted by Crippen LogP contribution is 2.22. The third kappa shape index (κ3) is 3.09. The van der Waals surface area contributed by atoms with Gasteiger partial charge in [-0.1, -0.05) is 18.2 Å². The maximum Gasteiger partial charge on any atom is 0.242 e. The quantitative estimate of drug-likeness (QED) is 0.747. The molecule has 1 rings (SSSR count). The third-order valence-corrected chi connectivity index (χ3v) is 3.36. The summed E-state index contributed by atoms with van der Waals surface area (Å²) >= 11 is 0. The number of benzene rings is 1. The van der Waals surface area contributed by atoms with Gasteiger partial charge in [0.1, 0.15) is 5.54 Å². The Kier molecular flexibility index (Phi) is 4.87. The van der Waals surface area contributed by atoms with Crippen molar-refractivity contribution in [1.29, 1.82) is 0 Å². The normalized spacial score (nSPS) is 14.2. The van der Waals surface area contributed by atoms with Crippen LogP contribution in [-0.4, -0.2) is 26.2 Å². The van der Waals surface area contributed by atoms with E-state index in [-0.39, 0.29) is 5.91 Å². The Morgan fingerprint density at radius 2 is 2.06 bits per heavy atom. The van der Waals surface area contributed by atoms with Gasteiger partial charge in [-0.15, -0.1) is 0 Å². The van der Waals surface area contributed by atoms with Gasteiger partial charge in [-0.2, -0.15) is 0 Å². The summed E-state index contributed by atoms with van der Waals surface area (Å²) in [6.45, 7) is 6.97. The maximum atomic E-state index is 11.7. The van der Waals surface area contributed by atoms with Gasteiger partial charge in [0.05, 0.1) is 6.61 Å². The van der Waals surface area contributed by atoms with Crippen LogP contribution in [0.2, 0.25) is 0 Å². The average Bonchev–Trinajstić information content (AvgIpc) is 2.32. The Hall–Kier alpha value is -1.39. The van der Waals surface area contributed by atoms with E-state index in [1.807, 2.05) is 32.0 Å². The third-order valence-electron chi connectivity index (χ3n) is 3.36. The van der Waals surface area contributed by atoms with Crippen molar-refractivity contribution in [3.63, 3.8) is 0 Å². The molecule has 0 aliphatic rings. The minimum absolute atomic E-state index is 0.387. The summed E-state index contributed by atoms with van der Waals surface area (Å²) in [7, 11) is 1.62. The molecule has 0 aliphatic carbocycles. The number of amides is 1. The van der Waals surface area contributed by atoms with Crippen LogP contribution in [0.15, 0.2) is 18.2 Å². The first-order valence-corrected chi connectivity index (χ1v) is 6.03. The van der Waals surface area contributed by atoms with E-state index in [1.165, 1.54) is 5.56 Å². The standard InChI is InChI=1S/C14H22N2O2/c1-10-5-6-12(9-11(10)2)14(3,13(15)17)16-7-8-18-4/h5-6,9,16H,7-8H2,1-4H3,(H2,15,17). The predicted molar refractivity (Wildman–Crippen MR) is 72.3 cm³/mol. The van der Waals surface area contributed by atoms with E-state index < -0.39 is 5.54 Å². The summed E-state index contributed by atoms with van der Waals surface area (Å²) in [5.74, 6) is -0.387. The molecule has 3 N–H and O–H groups in total. The smallest absolute Gasteiger partial charge is 0.242 e. The maximum absolute atomic E-state index is 11.7. The average molecular weight is 250 g/mol. The summed E-state index contributed by atoms with van der Waals surface area (Å²) < 4.78 is 4.98. The first kappa shape index (κ1) is 14.7. The first-order chi connectivity index (χ1) is 8.41. The first-order valence-electron chi connectivity index (χ1n) is 6.03. The Bertz CT molecular complexity index is 432. The minimum Gasteiger partial charge on any atom is -0.383 e. The Balaban J connectivity index is 3.02. The van der Waals surface area contributed by atoms with Gasteiger partial charge in [-0.3, -0.25) is 10.1 Å². The monoisotopic (exact) mass is 250 g/mol. The number of nitrogens with two attached hydrogens (primary N) is 1. The SMILES string of the molecule is COCCNC(C)(C(N)=O)c1ccc(C)c(C)c1. The van der Waals surface area contributed by atoms with Gasteiger partial charge in [0.25, 0.3) is 0 Å². The largest absolute Gasteiger partial charge is 0.383 e. The molecular formula is C14H22N2O2. The van der Waals surface area contributed by atoms with Crippen LogP contribution in [0.4, 0.5) is 0 Å². The fourth-order valence-electron chi connectivity index (χ4n) is 1.79. The number of carbonyl (C=O) groups excluding carboxylic acids is 1. The second kappa shape index (κ2) is 5.98. The number of primary amides is 1. The molecule has 4 nitrogen and oxygen atoms in total. The van der Waals surface area contributed by atoms with Gasteiger partial charge in [-0.05, 0) is 37.5 Å². The molecule has 0 saturated carbocycles. The molecule has 0 heterocycles.